The fourth-order valence-corrected chi connectivity index (χ4v) is 1.74. The van der Waals surface area contributed by atoms with E-state index in [2.05, 4.69) is 0 Å². The van der Waals surface area contributed by atoms with Gasteiger partial charge >= 0.3 is 5.97 Å². The van der Waals surface area contributed by atoms with E-state index < -0.39 is 17.6 Å². The van der Waals surface area contributed by atoms with Crippen LogP contribution in [0.5, 0.6) is 5.75 Å². The summed E-state index contributed by atoms with van der Waals surface area (Å²) in [5, 5.41) is 9.13. The van der Waals surface area contributed by atoms with E-state index in [9.17, 15) is 9.18 Å². The van der Waals surface area contributed by atoms with E-state index in [0.29, 0.717) is 23.3 Å². The Morgan fingerprint density at radius 3 is 2.56 bits per heavy atom. The van der Waals surface area contributed by atoms with Crippen LogP contribution in [0.2, 0.25) is 0 Å². The second-order valence-electron chi connectivity index (χ2n) is 5.05. The first-order valence-corrected chi connectivity index (χ1v) is 5.82. The number of ether oxygens (including phenoxy) is 1. The van der Waals surface area contributed by atoms with Gasteiger partial charge in [-0.25, -0.2) is 4.39 Å². The van der Waals surface area contributed by atoms with E-state index in [1.54, 1.807) is 32.0 Å². The second kappa shape index (κ2) is 5.38. The van der Waals surface area contributed by atoms with Crippen LogP contribution in [-0.4, -0.2) is 18.2 Å². The van der Waals surface area contributed by atoms with E-state index >= 15 is 0 Å². The van der Waals surface area contributed by atoms with Gasteiger partial charge in [-0.2, -0.15) is 0 Å². The van der Waals surface area contributed by atoms with Crippen LogP contribution < -0.4 is 4.74 Å². The molecule has 3 nitrogen and oxygen atoms in total. The highest BCUT2D eigenvalue weighted by molar-refractivity contribution is 5.74. The molecule has 4 heteroatoms. The molecule has 0 spiro atoms. The number of rotatable bonds is 5. The molecule has 0 amide bonds. The lowest BCUT2D eigenvalue weighted by Gasteiger charge is -2.21. The zero-order chi connectivity index (χ0) is 13.9. The van der Waals surface area contributed by atoms with Crippen molar-refractivity contribution in [3.05, 3.63) is 29.3 Å². The third-order valence-electron chi connectivity index (χ3n) is 2.98. The number of aliphatic carboxylic acids is 1. The molecule has 100 valence electrons. The maximum Gasteiger partial charge on any atom is 0.309 e. The lowest BCUT2D eigenvalue weighted by atomic mass is 9.85. The van der Waals surface area contributed by atoms with Gasteiger partial charge in [0.2, 0.25) is 0 Å². The Morgan fingerprint density at radius 1 is 1.50 bits per heavy atom. The van der Waals surface area contributed by atoms with Crippen molar-refractivity contribution >= 4 is 5.97 Å². The molecule has 0 aromatic heterocycles. The Hall–Kier alpha value is -1.58. The maximum atomic E-state index is 13.3. The van der Waals surface area contributed by atoms with Gasteiger partial charge in [-0.1, -0.05) is 6.07 Å². The molecule has 1 aromatic rings. The minimum Gasteiger partial charge on any atom is -0.496 e. The number of alkyl halides is 1. The molecule has 0 fully saturated rings. The summed E-state index contributed by atoms with van der Waals surface area (Å²) in [6.45, 7) is 4.73. The molecule has 1 N–H and O–H groups in total. The summed E-state index contributed by atoms with van der Waals surface area (Å²) in [5.74, 6) is -0.294. The average molecular weight is 254 g/mol. The van der Waals surface area contributed by atoms with Crippen molar-refractivity contribution < 1.29 is 19.0 Å². The number of carboxylic acids is 1. The fraction of sp³-hybridized carbons (Fsp3) is 0.500. The minimum atomic E-state index is -1.08. The van der Waals surface area contributed by atoms with E-state index in [1.165, 1.54) is 14.0 Å². The number of hydrogen-bond acceptors (Lipinski definition) is 2. The molecular formula is C14H19FO3. The van der Waals surface area contributed by atoms with Crippen LogP contribution in [0, 0.1) is 5.41 Å². The van der Waals surface area contributed by atoms with Crippen LogP contribution in [0.1, 0.15) is 38.1 Å². The van der Waals surface area contributed by atoms with Gasteiger partial charge in [-0.3, -0.25) is 4.79 Å². The van der Waals surface area contributed by atoms with Crippen molar-refractivity contribution in [2.24, 2.45) is 5.41 Å². The normalized spacial score (nSPS) is 13.2. The Morgan fingerprint density at radius 2 is 2.11 bits per heavy atom. The highest BCUT2D eigenvalue weighted by Gasteiger charge is 2.28. The van der Waals surface area contributed by atoms with E-state index in [4.69, 9.17) is 9.84 Å². The van der Waals surface area contributed by atoms with Gasteiger partial charge in [0.15, 0.2) is 0 Å². The Bertz CT molecular complexity index is 439. The summed E-state index contributed by atoms with van der Waals surface area (Å²) in [5.41, 5.74) is 0.338. The smallest absolute Gasteiger partial charge is 0.309 e. The van der Waals surface area contributed by atoms with Crippen LogP contribution >= 0.6 is 0 Å². The Kier molecular flexibility index (Phi) is 4.33. The summed E-state index contributed by atoms with van der Waals surface area (Å²) in [6.07, 6.45) is -0.783. The first-order chi connectivity index (χ1) is 8.27. The predicted molar refractivity (Wildman–Crippen MR) is 67.6 cm³/mol. The van der Waals surface area contributed by atoms with E-state index in [-0.39, 0.29) is 0 Å². The minimum absolute atomic E-state index is 0.298. The zero-order valence-electron chi connectivity index (χ0n) is 11.2. The number of benzene rings is 1. The van der Waals surface area contributed by atoms with E-state index in [1.807, 2.05) is 0 Å². The van der Waals surface area contributed by atoms with Crippen LogP contribution in [0.4, 0.5) is 4.39 Å². The van der Waals surface area contributed by atoms with Crippen molar-refractivity contribution in [1.29, 1.82) is 0 Å². The summed E-state index contributed by atoms with van der Waals surface area (Å²) < 4.78 is 18.5. The quantitative estimate of drug-likeness (QED) is 0.876. The van der Waals surface area contributed by atoms with Gasteiger partial charge in [-0.05, 0) is 50.5 Å². The molecule has 0 bridgehead atoms. The number of carbonyl (C=O) groups is 1. The second-order valence-corrected chi connectivity index (χ2v) is 5.05. The maximum absolute atomic E-state index is 13.3. The van der Waals surface area contributed by atoms with Gasteiger partial charge in [0.05, 0.1) is 12.5 Å². The van der Waals surface area contributed by atoms with Gasteiger partial charge in [0, 0.05) is 0 Å². The number of hydrogen-bond donors (Lipinski definition) is 1. The summed E-state index contributed by atoms with van der Waals surface area (Å²) in [7, 11) is 1.52. The molecular weight excluding hydrogens is 235 g/mol. The summed E-state index contributed by atoms with van der Waals surface area (Å²) in [6, 6.07) is 5.01. The SMILES string of the molecule is COc1ccc(C(C)F)cc1CC(C)(C)C(=O)O. The molecule has 1 rings (SSSR count). The molecule has 1 aromatic carbocycles. The van der Waals surface area contributed by atoms with Crippen molar-refractivity contribution in [3.63, 3.8) is 0 Å². The highest BCUT2D eigenvalue weighted by atomic mass is 19.1. The highest BCUT2D eigenvalue weighted by Crippen LogP contribution is 2.31. The lowest BCUT2D eigenvalue weighted by Crippen LogP contribution is -2.26. The molecule has 0 saturated carbocycles. The lowest BCUT2D eigenvalue weighted by molar-refractivity contribution is -0.146. The molecule has 18 heavy (non-hydrogen) atoms. The van der Waals surface area contributed by atoms with Crippen molar-refractivity contribution in [2.75, 3.05) is 7.11 Å². The van der Waals surface area contributed by atoms with Crippen LogP contribution in [0.15, 0.2) is 18.2 Å². The average Bonchev–Trinajstić information content (AvgIpc) is 2.28. The molecule has 0 saturated heterocycles. The van der Waals surface area contributed by atoms with Crippen molar-refractivity contribution in [3.8, 4) is 5.75 Å². The van der Waals surface area contributed by atoms with Gasteiger partial charge in [-0.15, -0.1) is 0 Å². The zero-order valence-corrected chi connectivity index (χ0v) is 11.2. The van der Waals surface area contributed by atoms with E-state index in [0.717, 1.165) is 0 Å². The number of halogens is 1. The molecule has 0 radical (unpaired) electrons. The molecule has 0 aliphatic carbocycles. The monoisotopic (exact) mass is 254 g/mol. The molecule has 0 aliphatic rings. The van der Waals surface area contributed by atoms with Crippen molar-refractivity contribution in [1.82, 2.24) is 0 Å². The number of methoxy groups -OCH3 is 1. The predicted octanol–water partition coefficient (Wildman–Crippen LogP) is 3.38. The van der Waals surface area contributed by atoms with Gasteiger partial charge in [0.25, 0.3) is 0 Å². The fourth-order valence-electron chi connectivity index (χ4n) is 1.74. The van der Waals surface area contributed by atoms with Crippen molar-refractivity contribution in [2.45, 2.75) is 33.4 Å². The van der Waals surface area contributed by atoms with Crippen LogP contribution in [-0.2, 0) is 11.2 Å². The molecule has 0 aliphatic heterocycles. The first kappa shape index (κ1) is 14.5. The van der Waals surface area contributed by atoms with Crippen LogP contribution in [0.3, 0.4) is 0 Å². The number of carboxylic acid groups (broad SMARTS) is 1. The summed E-state index contributed by atoms with van der Waals surface area (Å²) in [4.78, 5) is 11.1. The molecule has 1 unspecified atom stereocenters. The van der Waals surface area contributed by atoms with Gasteiger partial charge < -0.3 is 9.84 Å². The Balaban J connectivity index is 3.13. The Labute approximate surface area is 107 Å². The largest absolute Gasteiger partial charge is 0.496 e. The molecule has 0 heterocycles. The van der Waals surface area contributed by atoms with Crippen LogP contribution in [0.25, 0.3) is 0 Å². The van der Waals surface area contributed by atoms with Gasteiger partial charge in [0.1, 0.15) is 11.9 Å². The summed E-state index contributed by atoms with van der Waals surface area (Å²) >= 11 is 0. The first-order valence-electron chi connectivity index (χ1n) is 5.82. The standard InChI is InChI=1S/C14H19FO3/c1-9(15)10-5-6-12(18-4)11(7-10)8-14(2,3)13(16)17/h5-7,9H,8H2,1-4H3,(H,16,17). The topological polar surface area (TPSA) is 46.5 Å². The third-order valence-corrected chi connectivity index (χ3v) is 2.98. The molecule has 1 atom stereocenters. The third kappa shape index (κ3) is 3.22.